The van der Waals surface area contributed by atoms with Gasteiger partial charge in [-0.1, -0.05) is 43.3 Å². The van der Waals surface area contributed by atoms with Gasteiger partial charge in [0.1, 0.15) is 0 Å². The minimum atomic E-state index is 0.625. The molecule has 84 valence electrons. The number of para-hydroxylation sites is 2. The normalized spacial score (nSPS) is 9.65. The summed E-state index contributed by atoms with van der Waals surface area (Å²) in [7, 11) is 0. The van der Waals surface area contributed by atoms with E-state index in [1.807, 2.05) is 13.0 Å². The number of hydrogen-bond acceptors (Lipinski definition) is 1. The van der Waals surface area contributed by atoms with Gasteiger partial charge in [-0.15, -0.1) is 0 Å². The van der Waals surface area contributed by atoms with E-state index in [4.69, 9.17) is 5.26 Å². The maximum Gasteiger partial charge on any atom is 0.0618 e. The topological polar surface area (TPSA) is 39.6 Å². The number of aromatic nitrogens is 1. The van der Waals surface area contributed by atoms with Crippen LogP contribution in [0.3, 0.4) is 0 Å². The lowest BCUT2D eigenvalue weighted by molar-refractivity contribution is 1.22. The molecule has 0 aliphatic heterocycles. The van der Waals surface area contributed by atoms with Gasteiger partial charge in [0.15, 0.2) is 0 Å². The highest BCUT2D eigenvalue weighted by molar-refractivity contribution is 6.06. The standard InChI is InChI=1S/C12H9N.C3H5N/c1-3-7-11-9(5-1)10-6-2-4-8-12(10)13-11;1-2-3-4/h1-8,13H;2H2,1H3. The molecule has 0 saturated carbocycles. The Balaban J connectivity index is 0.000000239. The number of hydrogen-bond donors (Lipinski definition) is 1. The van der Waals surface area contributed by atoms with Gasteiger partial charge in [0, 0.05) is 28.2 Å². The summed E-state index contributed by atoms with van der Waals surface area (Å²) in [6, 6.07) is 18.7. The van der Waals surface area contributed by atoms with Gasteiger partial charge in [0.25, 0.3) is 0 Å². The third kappa shape index (κ3) is 2.29. The first-order chi connectivity index (χ1) is 8.36. The first-order valence-electron chi connectivity index (χ1n) is 5.69. The predicted octanol–water partition coefficient (Wildman–Crippen LogP) is 4.24. The molecule has 0 spiro atoms. The van der Waals surface area contributed by atoms with Gasteiger partial charge in [0.05, 0.1) is 6.07 Å². The molecule has 0 amide bonds. The third-order valence-electron chi connectivity index (χ3n) is 2.57. The van der Waals surface area contributed by atoms with Gasteiger partial charge in [0.2, 0.25) is 0 Å². The molecule has 1 aromatic heterocycles. The maximum absolute atomic E-state index is 7.62. The number of aromatic amines is 1. The zero-order chi connectivity index (χ0) is 12.1. The second kappa shape index (κ2) is 5.18. The second-order valence-corrected chi connectivity index (χ2v) is 3.73. The number of nitriles is 1. The Kier molecular flexibility index (Phi) is 3.42. The molecular weight excluding hydrogens is 208 g/mol. The average molecular weight is 222 g/mol. The quantitative estimate of drug-likeness (QED) is 0.607. The number of nitrogens with zero attached hydrogens (tertiary/aromatic N) is 1. The van der Waals surface area contributed by atoms with Crippen LogP contribution in [-0.2, 0) is 0 Å². The van der Waals surface area contributed by atoms with Crippen molar-refractivity contribution in [1.29, 1.82) is 5.26 Å². The Hall–Kier alpha value is -2.27. The van der Waals surface area contributed by atoms with Crippen molar-refractivity contribution in [2.75, 3.05) is 0 Å². The highest BCUT2D eigenvalue weighted by Crippen LogP contribution is 2.24. The fourth-order valence-electron chi connectivity index (χ4n) is 1.80. The minimum Gasteiger partial charge on any atom is -0.355 e. The van der Waals surface area contributed by atoms with E-state index in [-0.39, 0.29) is 0 Å². The molecule has 1 N–H and O–H groups in total. The van der Waals surface area contributed by atoms with Gasteiger partial charge in [-0.05, 0) is 12.1 Å². The molecule has 3 rings (SSSR count). The van der Waals surface area contributed by atoms with Crippen molar-refractivity contribution in [2.45, 2.75) is 13.3 Å². The maximum atomic E-state index is 7.62. The molecule has 2 heteroatoms. The average Bonchev–Trinajstić information content (AvgIpc) is 2.77. The van der Waals surface area contributed by atoms with Crippen molar-refractivity contribution in [3.63, 3.8) is 0 Å². The highest BCUT2D eigenvalue weighted by Gasteiger charge is 2.00. The zero-order valence-corrected chi connectivity index (χ0v) is 9.77. The summed E-state index contributed by atoms with van der Waals surface area (Å²) < 4.78 is 0. The molecule has 3 aromatic rings. The van der Waals surface area contributed by atoms with Crippen molar-refractivity contribution in [1.82, 2.24) is 4.98 Å². The third-order valence-corrected chi connectivity index (χ3v) is 2.57. The smallest absolute Gasteiger partial charge is 0.0618 e. The minimum absolute atomic E-state index is 0.625. The number of rotatable bonds is 0. The second-order valence-electron chi connectivity index (χ2n) is 3.73. The van der Waals surface area contributed by atoms with Crippen LogP contribution in [0, 0.1) is 11.3 Å². The summed E-state index contributed by atoms with van der Waals surface area (Å²) in [5.41, 5.74) is 2.42. The Morgan fingerprint density at radius 3 is 1.76 bits per heavy atom. The summed E-state index contributed by atoms with van der Waals surface area (Å²) in [5.74, 6) is 0. The molecule has 0 aliphatic rings. The first kappa shape index (κ1) is 11.2. The van der Waals surface area contributed by atoms with Gasteiger partial charge >= 0.3 is 0 Å². The molecule has 0 fully saturated rings. The Morgan fingerprint density at radius 2 is 1.35 bits per heavy atom. The predicted molar refractivity (Wildman–Crippen MR) is 71.7 cm³/mol. The molecule has 0 atom stereocenters. The molecule has 0 bridgehead atoms. The molecule has 17 heavy (non-hydrogen) atoms. The van der Waals surface area contributed by atoms with E-state index in [0.717, 1.165) is 0 Å². The van der Waals surface area contributed by atoms with Crippen molar-refractivity contribution < 1.29 is 0 Å². The van der Waals surface area contributed by atoms with Crippen LogP contribution in [0.5, 0.6) is 0 Å². The first-order valence-corrected chi connectivity index (χ1v) is 5.69. The van der Waals surface area contributed by atoms with Crippen LogP contribution < -0.4 is 0 Å². The van der Waals surface area contributed by atoms with Crippen molar-refractivity contribution >= 4 is 21.8 Å². The Labute approximate surface area is 100 Å². The van der Waals surface area contributed by atoms with E-state index in [1.54, 1.807) is 0 Å². The Morgan fingerprint density at radius 1 is 0.941 bits per heavy atom. The lowest BCUT2D eigenvalue weighted by atomic mass is 10.2. The van der Waals surface area contributed by atoms with E-state index in [0.29, 0.717) is 6.42 Å². The van der Waals surface area contributed by atoms with Crippen LogP contribution in [-0.4, -0.2) is 4.98 Å². The Bertz CT molecular complexity index is 609. The lowest BCUT2D eigenvalue weighted by Crippen LogP contribution is -1.62. The van der Waals surface area contributed by atoms with Gasteiger partial charge in [-0.25, -0.2) is 0 Å². The lowest BCUT2D eigenvalue weighted by Gasteiger charge is -1.87. The summed E-state index contributed by atoms with van der Waals surface area (Å²) in [6.45, 7) is 1.82. The van der Waals surface area contributed by atoms with Crippen LogP contribution in [0.15, 0.2) is 48.5 Å². The number of nitrogens with one attached hydrogen (secondary N) is 1. The molecule has 0 unspecified atom stereocenters. The SMILES string of the molecule is CCC#N.c1ccc2c(c1)[nH]c1ccccc12. The van der Waals surface area contributed by atoms with Gasteiger partial charge in [-0.3, -0.25) is 0 Å². The number of H-pyrrole nitrogens is 1. The summed E-state index contributed by atoms with van der Waals surface area (Å²) in [5, 5.41) is 10.2. The summed E-state index contributed by atoms with van der Waals surface area (Å²) in [6.07, 6.45) is 0.625. The van der Waals surface area contributed by atoms with Gasteiger partial charge in [-0.2, -0.15) is 5.26 Å². The van der Waals surface area contributed by atoms with Crippen LogP contribution >= 0.6 is 0 Å². The fourth-order valence-corrected chi connectivity index (χ4v) is 1.80. The van der Waals surface area contributed by atoms with E-state index in [1.165, 1.54) is 21.8 Å². The molecular formula is C15H14N2. The van der Waals surface area contributed by atoms with Gasteiger partial charge < -0.3 is 4.98 Å². The molecule has 2 nitrogen and oxygen atoms in total. The largest absolute Gasteiger partial charge is 0.355 e. The molecule has 0 aliphatic carbocycles. The van der Waals surface area contributed by atoms with Crippen molar-refractivity contribution in [3.05, 3.63) is 48.5 Å². The van der Waals surface area contributed by atoms with Crippen LogP contribution in [0.4, 0.5) is 0 Å². The monoisotopic (exact) mass is 222 g/mol. The highest BCUT2D eigenvalue weighted by atomic mass is 14.7. The van der Waals surface area contributed by atoms with E-state index in [2.05, 4.69) is 53.5 Å². The van der Waals surface area contributed by atoms with E-state index < -0.39 is 0 Å². The van der Waals surface area contributed by atoms with Crippen molar-refractivity contribution in [2.24, 2.45) is 0 Å². The fraction of sp³-hybridized carbons (Fsp3) is 0.133. The number of fused-ring (bicyclic) bond motifs is 3. The van der Waals surface area contributed by atoms with Crippen molar-refractivity contribution in [3.8, 4) is 6.07 Å². The summed E-state index contributed by atoms with van der Waals surface area (Å²) >= 11 is 0. The summed E-state index contributed by atoms with van der Waals surface area (Å²) in [4.78, 5) is 3.38. The van der Waals surface area contributed by atoms with E-state index in [9.17, 15) is 0 Å². The molecule has 1 heterocycles. The zero-order valence-electron chi connectivity index (χ0n) is 9.77. The van der Waals surface area contributed by atoms with E-state index >= 15 is 0 Å². The number of benzene rings is 2. The molecule has 0 saturated heterocycles. The van der Waals surface area contributed by atoms with Crippen LogP contribution in [0.2, 0.25) is 0 Å². The molecule has 0 radical (unpaired) electrons. The van der Waals surface area contributed by atoms with Crippen LogP contribution in [0.1, 0.15) is 13.3 Å². The van der Waals surface area contributed by atoms with Crippen LogP contribution in [0.25, 0.3) is 21.8 Å². The molecule has 2 aromatic carbocycles.